The van der Waals surface area contributed by atoms with Crippen LogP contribution in [-0.4, -0.2) is 17.3 Å². The maximum absolute atomic E-state index is 6.02. The number of methoxy groups -OCH3 is 1. The van der Waals surface area contributed by atoms with Gasteiger partial charge in [-0.3, -0.25) is 5.10 Å². The Labute approximate surface area is 113 Å². The first-order chi connectivity index (χ1) is 9.19. The number of hydrogen-bond acceptors (Lipinski definition) is 3. The van der Waals surface area contributed by atoms with Crippen LogP contribution >= 0.6 is 0 Å². The third kappa shape index (κ3) is 2.30. The number of hydrogen-bond donors (Lipinski definition) is 2. The molecule has 0 bridgehead atoms. The summed E-state index contributed by atoms with van der Waals surface area (Å²) in [7, 11) is 1.69. The summed E-state index contributed by atoms with van der Waals surface area (Å²) in [5.41, 5.74) is 10.4. The molecule has 0 saturated heterocycles. The maximum Gasteiger partial charge on any atom is 0.153 e. The van der Waals surface area contributed by atoms with Crippen molar-refractivity contribution < 1.29 is 4.74 Å². The Morgan fingerprint density at radius 3 is 2.89 bits per heavy atom. The molecular formula is C15H19N3O. The summed E-state index contributed by atoms with van der Waals surface area (Å²) in [6, 6.07) is 6.17. The predicted molar refractivity (Wildman–Crippen MR) is 76.2 cm³/mol. The van der Waals surface area contributed by atoms with Crippen molar-refractivity contribution in [1.82, 2.24) is 10.2 Å². The van der Waals surface area contributed by atoms with Crippen LogP contribution in [0.2, 0.25) is 0 Å². The fraction of sp³-hybridized carbons (Fsp3) is 0.400. The molecule has 3 rings (SSSR count). The van der Waals surface area contributed by atoms with Gasteiger partial charge in [-0.25, -0.2) is 0 Å². The Hall–Kier alpha value is -1.97. The third-order valence-corrected chi connectivity index (χ3v) is 3.76. The number of H-pyrrole nitrogens is 1. The van der Waals surface area contributed by atoms with Gasteiger partial charge in [0.15, 0.2) is 5.82 Å². The summed E-state index contributed by atoms with van der Waals surface area (Å²) < 4.78 is 5.39. The van der Waals surface area contributed by atoms with Gasteiger partial charge in [-0.2, -0.15) is 5.10 Å². The molecule has 0 aliphatic heterocycles. The van der Waals surface area contributed by atoms with E-state index in [0.29, 0.717) is 5.82 Å². The fourth-order valence-corrected chi connectivity index (χ4v) is 2.45. The number of nitrogens with one attached hydrogen (secondary N) is 1. The lowest BCUT2D eigenvalue weighted by atomic mass is 10.0. The first-order valence-electron chi connectivity index (χ1n) is 6.66. The van der Waals surface area contributed by atoms with Gasteiger partial charge in [0.1, 0.15) is 5.75 Å². The average molecular weight is 257 g/mol. The standard InChI is InChI=1S/C15H19N3O/c1-9-3-6-11(8-13(9)19-2)14-12(7-10-4-5-10)17-18-15(14)16/h3,6,8,10H,4-5,7H2,1-2H3,(H3,16,17,18). The Bertz CT molecular complexity index is 599. The lowest BCUT2D eigenvalue weighted by Crippen LogP contribution is -1.94. The number of anilines is 1. The van der Waals surface area contributed by atoms with Gasteiger partial charge in [0, 0.05) is 11.3 Å². The second kappa shape index (κ2) is 4.61. The average Bonchev–Trinajstić information content (AvgIpc) is 3.14. The second-order valence-corrected chi connectivity index (χ2v) is 5.29. The van der Waals surface area contributed by atoms with Crippen LogP contribution in [0.3, 0.4) is 0 Å². The summed E-state index contributed by atoms with van der Waals surface area (Å²) in [6.07, 6.45) is 3.67. The lowest BCUT2D eigenvalue weighted by Gasteiger charge is -2.09. The molecule has 4 nitrogen and oxygen atoms in total. The van der Waals surface area contributed by atoms with E-state index in [1.54, 1.807) is 7.11 Å². The first-order valence-corrected chi connectivity index (χ1v) is 6.66. The zero-order valence-electron chi connectivity index (χ0n) is 11.4. The van der Waals surface area contributed by atoms with Crippen LogP contribution in [0.15, 0.2) is 18.2 Å². The van der Waals surface area contributed by atoms with Crippen molar-refractivity contribution in [1.29, 1.82) is 0 Å². The number of benzene rings is 1. The number of nitrogen functional groups attached to an aromatic ring is 1. The fourth-order valence-electron chi connectivity index (χ4n) is 2.45. The molecule has 0 radical (unpaired) electrons. The molecule has 0 spiro atoms. The minimum absolute atomic E-state index is 0.571. The number of aryl methyl sites for hydroxylation is 1. The molecule has 4 heteroatoms. The third-order valence-electron chi connectivity index (χ3n) is 3.76. The molecule has 3 N–H and O–H groups in total. The van der Waals surface area contributed by atoms with Crippen molar-refractivity contribution in [3.8, 4) is 16.9 Å². The molecule has 0 amide bonds. The zero-order chi connectivity index (χ0) is 13.4. The van der Waals surface area contributed by atoms with Crippen LogP contribution in [0.1, 0.15) is 24.1 Å². The van der Waals surface area contributed by atoms with Crippen molar-refractivity contribution in [2.75, 3.05) is 12.8 Å². The number of rotatable bonds is 4. The van der Waals surface area contributed by atoms with E-state index in [2.05, 4.69) is 22.3 Å². The number of aromatic amines is 1. The van der Waals surface area contributed by atoms with Crippen molar-refractivity contribution in [3.63, 3.8) is 0 Å². The minimum Gasteiger partial charge on any atom is -0.496 e. The van der Waals surface area contributed by atoms with Crippen LogP contribution in [0.4, 0.5) is 5.82 Å². The van der Waals surface area contributed by atoms with Crippen molar-refractivity contribution in [3.05, 3.63) is 29.5 Å². The monoisotopic (exact) mass is 257 g/mol. The molecule has 1 aliphatic carbocycles. The van der Waals surface area contributed by atoms with Gasteiger partial charge < -0.3 is 10.5 Å². The maximum atomic E-state index is 6.02. The van der Waals surface area contributed by atoms with Gasteiger partial charge in [-0.1, -0.05) is 12.1 Å². The second-order valence-electron chi connectivity index (χ2n) is 5.29. The van der Waals surface area contributed by atoms with E-state index in [1.807, 2.05) is 13.0 Å². The van der Waals surface area contributed by atoms with Gasteiger partial charge >= 0.3 is 0 Å². The van der Waals surface area contributed by atoms with Crippen LogP contribution in [0.5, 0.6) is 5.75 Å². The Morgan fingerprint density at radius 1 is 1.42 bits per heavy atom. The number of nitrogens with zero attached hydrogens (tertiary/aromatic N) is 1. The van der Waals surface area contributed by atoms with Crippen molar-refractivity contribution >= 4 is 5.82 Å². The molecule has 19 heavy (non-hydrogen) atoms. The smallest absolute Gasteiger partial charge is 0.153 e. The summed E-state index contributed by atoms with van der Waals surface area (Å²) in [6.45, 7) is 2.03. The molecule has 1 fully saturated rings. The van der Waals surface area contributed by atoms with Crippen LogP contribution in [0.25, 0.3) is 11.1 Å². The van der Waals surface area contributed by atoms with Gasteiger partial charge in [0.05, 0.1) is 7.11 Å². The quantitative estimate of drug-likeness (QED) is 0.885. The molecule has 100 valence electrons. The topological polar surface area (TPSA) is 63.9 Å². The van der Waals surface area contributed by atoms with Crippen LogP contribution in [0, 0.1) is 12.8 Å². The van der Waals surface area contributed by atoms with Crippen LogP contribution < -0.4 is 10.5 Å². The van der Waals surface area contributed by atoms with E-state index >= 15 is 0 Å². The minimum atomic E-state index is 0.571. The highest BCUT2D eigenvalue weighted by Gasteiger charge is 2.25. The van der Waals surface area contributed by atoms with Crippen molar-refractivity contribution in [2.45, 2.75) is 26.2 Å². The molecule has 2 aromatic rings. The van der Waals surface area contributed by atoms with E-state index in [-0.39, 0.29) is 0 Å². The SMILES string of the molecule is COc1cc(-c2c(N)n[nH]c2CC2CC2)ccc1C. The van der Waals surface area contributed by atoms with Gasteiger partial charge in [0.2, 0.25) is 0 Å². The number of ether oxygens (including phenoxy) is 1. The van der Waals surface area contributed by atoms with E-state index in [9.17, 15) is 0 Å². The van der Waals surface area contributed by atoms with Crippen molar-refractivity contribution in [2.24, 2.45) is 5.92 Å². The first kappa shape index (κ1) is 12.1. The van der Waals surface area contributed by atoms with E-state index in [1.165, 1.54) is 12.8 Å². The van der Waals surface area contributed by atoms with Gasteiger partial charge in [-0.05, 0) is 49.3 Å². The molecule has 0 unspecified atom stereocenters. The van der Waals surface area contributed by atoms with E-state index in [4.69, 9.17) is 10.5 Å². The highest BCUT2D eigenvalue weighted by molar-refractivity contribution is 5.77. The molecular weight excluding hydrogens is 238 g/mol. The van der Waals surface area contributed by atoms with Crippen LogP contribution in [-0.2, 0) is 6.42 Å². The molecule has 1 aromatic heterocycles. The van der Waals surface area contributed by atoms with E-state index in [0.717, 1.165) is 40.5 Å². The summed E-state index contributed by atoms with van der Waals surface area (Å²) in [4.78, 5) is 0. The predicted octanol–water partition coefficient (Wildman–Crippen LogP) is 2.93. The molecule has 1 aromatic carbocycles. The molecule has 1 aliphatic rings. The summed E-state index contributed by atoms with van der Waals surface area (Å²) in [5.74, 6) is 2.25. The molecule has 1 heterocycles. The Morgan fingerprint density at radius 2 is 2.21 bits per heavy atom. The normalized spacial score (nSPS) is 14.6. The highest BCUT2D eigenvalue weighted by Crippen LogP contribution is 2.37. The number of nitrogens with two attached hydrogens (primary N) is 1. The van der Waals surface area contributed by atoms with Gasteiger partial charge in [0.25, 0.3) is 0 Å². The number of aromatic nitrogens is 2. The summed E-state index contributed by atoms with van der Waals surface area (Å²) in [5, 5.41) is 7.24. The summed E-state index contributed by atoms with van der Waals surface area (Å²) >= 11 is 0. The molecule has 0 atom stereocenters. The lowest BCUT2D eigenvalue weighted by molar-refractivity contribution is 0.412. The van der Waals surface area contributed by atoms with E-state index < -0.39 is 0 Å². The molecule has 1 saturated carbocycles. The Kier molecular flexibility index (Phi) is 2.93. The zero-order valence-corrected chi connectivity index (χ0v) is 11.4. The highest BCUT2D eigenvalue weighted by atomic mass is 16.5. The van der Waals surface area contributed by atoms with Gasteiger partial charge in [-0.15, -0.1) is 0 Å². The largest absolute Gasteiger partial charge is 0.496 e. The Balaban J connectivity index is 2.02.